The van der Waals surface area contributed by atoms with Crippen LogP contribution in [0.2, 0.25) is 0 Å². The van der Waals surface area contributed by atoms with Crippen molar-refractivity contribution in [1.29, 1.82) is 0 Å². The Morgan fingerprint density at radius 1 is 0.951 bits per heavy atom. The number of aliphatic hydroxyl groups excluding tert-OH is 1. The predicted octanol–water partition coefficient (Wildman–Crippen LogP) is 5.41. The van der Waals surface area contributed by atoms with Gasteiger partial charge in [0.15, 0.2) is 6.29 Å². The largest absolute Gasteiger partial charge is 0.478 e. The number of nitrogens with zero attached hydrogens (tertiary/aromatic N) is 1. The molecule has 41 heavy (non-hydrogen) atoms. The second kappa shape index (κ2) is 12.8. The molecule has 3 atom stereocenters. The zero-order chi connectivity index (χ0) is 28.8. The number of pyridine rings is 1. The maximum absolute atomic E-state index is 12.9. The Kier molecular flexibility index (Phi) is 9.01. The molecule has 1 aromatic heterocycles. The molecule has 3 N–H and O–H groups in total. The average Bonchev–Trinajstić information content (AvgIpc) is 3.00. The molecule has 0 aliphatic carbocycles. The molecule has 0 spiro atoms. The van der Waals surface area contributed by atoms with Crippen molar-refractivity contribution in [3.63, 3.8) is 0 Å². The maximum atomic E-state index is 12.9. The van der Waals surface area contributed by atoms with E-state index >= 15 is 0 Å². The van der Waals surface area contributed by atoms with Crippen molar-refractivity contribution in [2.45, 2.75) is 41.4 Å². The van der Waals surface area contributed by atoms with E-state index in [9.17, 15) is 23.4 Å². The van der Waals surface area contributed by atoms with Crippen molar-refractivity contribution in [2.75, 3.05) is 10.5 Å². The first-order chi connectivity index (χ1) is 19.8. The van der Waals surface area contributed by atoms with Gasteiger partial charge in [-0.25, -0.2) is 18.2 Å². The zero-order valence-electron chi connectivity index (χ0n) is 21.8. The summed E-state index contributed by atoms with van der Waals surface area (Å²) < 4.78 is 41.1. The minimum atomic E-state index is -3.79. The van der Waals surface area contributed by atoms with Gasteiger partial charge in [0.05, 0.1) is 29.3 Å². The van der Waals surface area contributed by atoms with E-state index in [1.165, 1.54) is 30.0 Å². The van der Waals surface area contributed by atoms with E-state index < -0.39 is 22.3 Å². The van der Waals surface area contributed by atoms with E-state index in [2.05, 4.69) is 9.71 Å². The molecule has 1 fully saturated rings. The number of anilines is 1. The number of ether oxygens (including phenoxy) is 2. The van der Waals surface area contributed by atoms with Gasteiger partial charge >= 0.3 is 5.97 Å². The highest BCUT2D eigenvalue weighted by Gasteiger charge is 2.33. The monoisotopic (exact) mass is 592 g/mol. The summed E-state index contributed by atoms with van der Waals surface area (Å²) in [6, 6.07) is 25.5. The number of benzene rings is 3. The molecule has 1 saturated heterocycles. The van der Waals surface area contributed by atoms with Crippen molar-refractivity contribution < 1.29 is 32.9 Å². The Balaban J connectivity index is 1.39. The normalized spacial score (nSPS) is 19.0. The quantitative estimate of drug-likeness (QED) is 0.207. The van der Waals surface area contributed by atoms with Crippen LogP contribution in [0.15, 0.2) is 107 Å². The number of sulfonamides is 1. The second-order valence-corrected chi connectivity index (χ2v) is 12.1. The van der Waals surface area contributed by atoms with Crippen LogP contribution >= 0.6 is 11.8 Å². The summed E-state index contributed by atoms with van der Waals surface area (Å²) in [7, 11) is -3.79. The Hall–Kier alpha value is -3.74. The summed E-state index contributed by atoms with van der Waals surface area (Å²) >= 11 is 1.29. The first-order valence-corrected chi connectivity index (χ1v) is 15.3. The molecule has 0 amide bonds. The number of carboxylic acid groups (broad SMARTS) is 1. The molecule has 0 bridgehead atoms. The molecular formula is C30H28N2O7S2. The van der Waals surface area contributed by atoms with Gasteiger partial charge in [-0.1, -0.05) is 54.6 Å². The standard InChI is InChI=1S/C30H28N2O7S2/c33-18-20-11-13-21(14-12-20)27-17-24(19-40-28-26(29(34)35)10-5-15-31-28)38-30(39-27)22-6-4-7-23(16-22)32-41(36,37)25-8-2-1-3-9-25/h1-16,24,27,30,32-33H,17-19H2,(H,34,35)/t24-,27+,30?/m0/s1. The summed E-state index contributed by atoms with van der Waals surface area (Å²) in [4.78, 5) is 16.0. The average molecular weight is 593 g/mol. The molecule has 1 unspecified atom stereocenters. The van der Waals surface area contributed by atoms with Gasteiger partial charge in [0.25, 0.3) is 10.0 Å². The zero-order valence-corrected chi connectivity index (χ0v) is 23.4. The van der Waals surface area contributed by atoms with Crippen LogP contribution in [0.25, 0.3) is 0 Å². The third-order valence-electron chi connectivity index (χ3n) is 6.49. The minimum absolute atomic E-state index is 0.0710. The lowest BCUT2D eigenvalue weighted by molar-refractivity contribution is -0.245. The Labute approximate surface area is 242 Å². The van der Waals surface area contributed by atoms with E-state index in [4.69, 9.17) is 9.47 Å². The number of rotatable bonds is 10. The number of aromatic carboxylic acids is 1. The highest BCUT2D eigenvalue weighted by molar-refractivity contribution is 7.99. The van der Waals surface area contributed by atoms with Crippen molar-refractivity contribution in [3.8, 4) is 0 Å². The molecule has 2 heterocycles. The number of carboxylic acids is 1. The number of hydrogen-bond acceptors (Lipinski definition) is 8. The van der Waals surface area contributed by atoms with Crippen LogP contribution in [0.1, 0.15) is 45.9 Å². The van der Waals surface area contributed by atoms with Gasteiger partial charge in [-0.15, -0.1) is 11.8 Å². The summed E-state index contributed by atoms with van der Waals surface area (Å²) in [6.45, 7) is -0.0710. The van der Waals surface area contributed by atoms with Crippen LogP contribution in [-0.4, -0.2) is 41.4 Å². The molecule has 5 rings (SSSR count). The number of aliphatic hydroxyl groups is 1. The van der Waals surface area contributed by atoms with Crippen LogP contribution in [0, 0.1) is 0 Å². The topological polar surface area (TPSA) is 135 Å². The fraction of sp³-hybridized carbons (Fsp3) is 0.200. The van der Waals surface area contributed by atoms with Gasteiger partial charge in [0.2, 0.25) is 0 Å². The molecule has 0 saturated carbocycles. The molecule has 3 aromatic carbocycles. The van der Waals surface area contributed by atoms with E-state index in [1.807, 2.05) is 24.3 Å². The van der Waals surface area contributed by atoms with Gasteiger partial charge in [0.1, 0.15) is 5.03 Å². The molecule has 1 aliphatic rings. The summed E-state index contributed by atoms with van der Waals surface area (Å²) in [5.74, 6) is -0.633. The fourth-order valence-electron chi connectivity index (χ4n) is 4.43. The lowest BCUT2D eigenvalue weighted by Gasteiger charge is -2.36. The van der Waals surface area contributed by atoms with Crippen LogP contribution in [0.3, 0.4) is 0 Å². The molecule has 0 radical (unpaired) electrons. The van der Waals surface area contributed by atoms with E-state index in [1.54, 1.807) is 54.7 Å². The predicted molar refractivity (Wildman–Crippen MR) is 154 cm³/mol. The SMILES string of the molecule is O=C(O)c1cccnc1SC[C@@H]1C[C@H](c2ccc(CO)cc2)OC(c2cccc(NS(=O)(=O)c3ccccc3)c2)O1. The number of hydrogen-bond donors (Lipinski definition) is 3. The second-order valence-electron chi connectivity index (χ2n) is 9.37. The lowest BCUT2D eigenvalue weighted by Crippen LogP contribution is -2.31. The Morgan fingerprint density at radius 3 is 2.46 bits per heavy atom. The Morgan fingerprint density at radius 2 is 1.73 bits per heavy atom. The Bertz CT molecular complexity index is 1600. The number of aromatic nitrogens is 1. The summed E-state index contributed by atoms with van der Waals surface area (Å²) in [5, 5.41) is 19.4. The third-order valence-corrected chi connectivity index (χ3v) is 9.02. The van der Waals surface area contributed by atoms with Gasteiger partial charge in [0, 0.05) is 29.6 Å². The summed E-state index contributed by atoms with van der Waals surface area (Å²) in [5.41, 5.74) is 2.78. The van der Waals surface area contributed by atoms with Gasteiger partial charge in [-0.3, -0.25) is 4.72 Å². The molecule has 9 nitrogen and oxygen atoms in total. The molecule has 11 heteroatoms. The van der Waals surface area contributed by atoms with Gasteiger partial charge < -0.3 is 19.7 Å². The smallest absolute Gasteiger partial charge is 0.338 e. The molecule has 4 aromatic rings. The van der Waals surface area contributed by atoms with E-state index in [0.717, 1.165) is 11.1 Å². The number of thioether (sulfide) groups is 1. The number of carbonyl (C=O) groups is 1. The van der Waals surface area contributed by atoms with Crippen molar-refractivity contribution >= 4 is 33.4 Å². The molecule has 1 aliphatic heterocycles. The number of nitrogens with one attached hydrogen (secondary N) is 1. The highest BCUT2D eigenvalue weighted by Crippen LogP contribution is 2.40. The maximum Gasteiger partial charge on any atom is 0.338 e. The van der Waals surface area contributed by atoms with Gasteiger partial charge in [-0.05, 0) is 47.5 Å². The van der Waals surface area contributed by atoms with Crippen LogP contribution in [0.5, 0.6) is 0 Å². The van der Waals surface area contributed by atoms with E-state index in [0.29, 0.717) is 28.5 Å². The summed E-state index contributed by atoms with van der Waals surface area (Å²) in [6.07, 6.45) is 0.530. The minimum Gasteiger partial charge on any atom is -0.478 e. The fourth-order valence-corrected chi connectivity index (χ4v) is 6.50. The van der Waals surface area contributed by atoms with Crippen LogP contribution in [-0.2, 0) is 26.1 Å². The van der Waals surface area contributed by atoms with Crippen molar-refractivity contribution in [1.82, 2.24) is 4.98 Å². The van der Waals surface area contributed by atoms with Crippen molar-refractivity contribution in [2.24, 2.45) is 0 Å². The van der Waals surface area contributed by atoms with Gasteiger partial charge in [-0.2, -0.15) is 0 Å². The van der Waals surface area contributed by atoms with Crippen LogP contribution < -0.4 is 4.72 Å². The third kappa shape index (κ3) is 7.13. The lowest BCUT2D eigenvalue weighted by atomic mass is 10.0. The first kappa shape index (κ1) is 28.8. The van der Waals surface area contributed by atoms with Crippen molar-refractivity contribution in [3.05, 3.63) is 119 Å². The molecular weight excluding hydrogens is 564 g/mol. The molecule has 212 valence electrons. The highest BCUT2D eigenvalue weighted by atomic mass is 32.2. The van der Waals surface area contributed by atoms with E-state index in [-0.39, 0.29) is 29.3 Å². The first-order valence-electron chi connectivity index (χ1n) is 12.8. The van der Waals surface area contributed by atoms with Crippen LogP contribution in [0.4, 0.5) is 5.69 Å².